The third-order valence-electron chi connectivity index (χ3n) is 3.87. The van der Waals surface area contributed by atoms with Crippen molar-refractivity contribution >= 4 is 56.9 Å². The Hall–Kier alpha value is -1.61. The van der Waals surface area contributed by atoms with Crippen LogP contribution in [0.3, 0.4) is 0 Å². The number of carbonyl (C=O) groups excluding carboxylic acids is 2. The molecule has 0 aliphatic heterocycles. The lowest BCUT2D eigenvalue weighted by Gasteiger charge is -2.12. The van der Waals surface area contributed by atoms with E-state index in [1.54, 1.807) is 18.3 Å². The Morgan fingerprint density at radius 1 is 1.46 bits per heavy atom. The molecule has 24 heavy (non-hydrogen) atoms. The minimum atomic E-state index is -0.438. The fourth-order valence-electron chi connectivity index (χ4n) is 2.37. The highest BCUT2D eigenvalue weighted by Crippen LogP contribution is 2.37. The van der Waals surface area contributed by atoms with Gasteiger partial charge in [-0.05, 0) is 53.1 Å². The Labute approximate surface area is 157 Å². The van der Waals surface area contributed by atoms with Crippen LogP contribution in [-0.2, 0) is 9.59 Å². The van der Waals surface area contributed by atoms with Gasteiger partial charge in [-0.15, -0.1) is 0 Å². The van der Waals surface area contributed by atoms with Crippen LogP contribution < -0.4 is 15.6 Å². The standard InChI is InChI=1S/C16H15ClIN3O3/c1-8-5-10(8)16(23)21-20-13(22)7-24-15-12(18)6-11(17)9-3-2-4-19-14(9)15/h2-4,6,8,10H,5,7H2,1H3,(H,20,22)(H,21,23)/t8-,10-/m1/s1. The number of aromatic nitrogens is 1. The summed E-state index contributed by atoms with van der Waals surface area (Å²) < 4.78 is 6.36. The molecule has 3 rings (SSSR count). The molecule has 0 unspecified atom stereocenters. The molecule has 2 amide bonds. The van der Waals surface area contributed by atoms with E-state index >= 15 is 0 Å². The Balaban J connectivity index is 1.63. The van der Waals surface area contributed by atoms with E-state index in [4.69, 9.17) is 16.3 Å². The number of pyridine rings is 1. The zero-order valence-corrected chi connectivity index (χ0v) is 15.7. The number of halogens is 2. The van der Waals surface area contributed by atoms with Crippen LogP contribution in [0.2, 0.25) is 5.02 Å². The van der Waals surface area contributed by atoms with Gasteiger partial charge in [-0.3, -0.25) is 25.4 Å². The van der Waals surface area contributed by atoms with Crippen molar-refractivity contribution in [1.82, 2.24) is 15.8 Å². The van der Waals surface area contributed by atoms with Crippen molar-refractivity contribution in [3.63, 3.8) is 0 Å². The van der Waals surface area contributed by atoms with Crippen molar-refractivity contribution in [2.45, 2.75) is 13.3 Å². The normalized spacial score (nSPS) is 19.0. The molecular weight excluding hydrogens is 445 g/mol. The average molecular weight is 460 g/mol. The molecule has 6 nitrogen and oxygen atoms in total. The maximum atomic E-state index is 11.9. The number of hydrogen-bond acceptors (Lipinski definition) is 4. The monoisotopic (exact) mass is 459 g/mol. The SMILES string of the molecule is C[C@@H]1C[C@H]1C(=O)NNC(=O)COc1c(I)cc(Cl)c2cccnc12. The number of rotatable bonds is 4. The molecule has 1 heterocycles. The van der Waals surface area contributed by atoms with E-state index in [1.807, 2.05) is 13.0 Å². The van der Waals surface area contributed by atoms with Crippen molar-refractivity contribution in [3.8, 4) is 5.75 Å². The van der Waals surface area contributed by atoms with E-state index in [2.05, 4.69) is 38.4 Å². The molecule has 126 valence electrons. The van der Waals surface area contributed by atoms with Crippen LogP contribution >= 0.6 is 34.2 Å². The van der Waals surface area contributed by atoms with Crippen molar-refractivity contribution in [2.24, 2.45) is 11.8 Å². The Bertz CT molecular complexity index is 814. The molecule has 0 radical (unpaired) electrons. The van der Waals surface area contributed by atoms with Crippen LogP contribution in [0, 0.1) is 15.4 Å². The second-order valence-electron chi connectivity index (χ2n) is 5.71. The number of benzene rings is 1. The molecule has 1 saturated carbocycles. The van der Waals surface area contributed by atoms with E-state index in [0.717, 1.165) is 15.4 Å². The summed E-state index contributed by atoms with van der Waals surface area (Å²) in [5.74, 6) is 0.270. The molecule has 2 aromatic rings. The third-order valence-corrected chi connectivity index (χ3v) is 4.98. The minimum Gasteiger partial charge on any atom is -0.480 e. The van der Waals surface area contributed by atoms with E-state index in [0.29, 0.717) is 22.2 Å². The number of nitrogens with one attached hydrogen (secondary N) is 2. The highest BCUT2D eigenvalue weighted by Gasteiger charge is 2.39. The average Bonchev–Trinajstić information content (AvgIpc) is 3.29. The van der Waals surface area contributed by atoms with E-state index in [1.165, 1.54) is 0 Å². The smallest absolute Gasteiger partial charge is 0.276 e. The molecular formula is C16H15ClIN3O3. The first kappa shape index (κ1) is 17.2. The zero-order chi connectivity index (χ0) is 17.3. The van der Waals surface area contributed by atoms with E-state index in [9.17, 15) is 9.59 Å². The highest BCUT2D eigenvalue weighted by molar-refractivity contribution is 14.1. The van der Waals surface area contributed by atoms with Crippen molar-refractivity contribution < 1.29 is 14.3 Å². The van der Waals surface area contributed by atoms with Gasteiger partial charge in [0.2, 0.25) is 5.91 Å². The molecule has 8 heteroatoms. The van der Waals surface area contributed by atoms with Gasteiger partial charge in [0.25, 0.3) is 5.91 Å². The lowest BCUT2D eigenvalue weighted by molar-refractivity contribution is -0.130. The van der Waals surface area contributed by atoms with Crippen molar-refractivity contribution in [1.29, 1.82) is 0 Å². The van der Waals surface area contributed by atoms with Crippen LogP contribution in [0.5, 0.6) is 5.75 Å². The molecule has 0 spiro atoms. The Kier molecular flexibility index (Phi) is 5.09. The maximum Gasteiger partial charge on any atom is 0.276 e. The second-order valence-corrected chi connectivity index (χ2v) is 7.28. The number of carbonyl (C=O) groups is 2. The summed E-state index contributed by atoms with van der Waals surface area (Å²) in [5.41, 5.74) is 5.37. The van der Waals surface area contributed by atoms with E-state index < -0.39 is 5.91 Å². The topological polar surface area (TPSA) is 80.3 Å². The molecule has 2 atom stereocenters. The Morgan fingerprint density at radius 2 is 2.21 bits per heavy atom. The predicted molar refractivity (Wildman–Crippen MR) is 98.5 cm³/mol. The quantitative estimate of drug-likeness (QED) is 0.544. The zero-order valence-electron chi connectivity index (χ0n) is 12.8. The first-order valence-electron chi connectivity index (χ1n) is 7.41. The number of hydrazine groups is 1. The molecule has 1 aromatic heterocycles. The third kappa shape index (κ3) is 3.72. The van der Waals surface area contributed by atoms with Crippen LogP contribution in [-0.4, -0.2) is 23.4 Å². The summed E-state index contributed by atoms with van der Waals surface area (Å²) in [6.45, 7) is 1.76. The van der Waals surface area contributed by atoms with Crippen LogP contribution in [0.4, 0.5) is 0 Å². The van der Waals surface area contributed by atoms with Gasteiger partial charge in [0.05, 0.1) is 8.59 Å². The van der Waals surface area contributed by atoms with Crippen LogP contribution in [0.15, 0.2) is 24.4 Å². The van der Waals surface area contributed by atoms with E-state index in [-0.39, 0.29) is 18.4 Å². The molecule has 2 N–H and O–H groups in total. The Morgan fingerprint density at radius 3 is 2.92 bits per heavy atom. The highest BCUT2D eigenvalue weighted by atomic mass is 127. The predicted octanol–water partition coefficient (Wildman–Crippen LogP) is 2.68. The first-order valence-corrected chi connectivity index (χ1v) is 8.87. The number of amides is 2. The van der Waals surface area contributed by atoms with Gasteiger partial charge in [0.1, 0.15) is 5.52 Å². The largest absolute Gasteiger partial charge is 0.480 e. The van der Waals surface area contributed by atoms with Crippen LogP contribution in [0.1, 0.15) is 13.3 Å². The molecule has 0 saturated heterocycles. The van der Waals surface area contributed by atoms with Gasteiger partial charge in [-0.2, -0.15) is 0 Å². The number of nitrogens with zero attached hydrogens (tertiary/aromatic N) is 1. The molecule has 0 bridgehead atoms. The summed E-state index contributed by atoms with van der Waals surface area (Å²) in [5, 5.41) is 1.33. The fraction of sp³-hybridized carbons (Fsp3) is 0.312. The molecule has 1 aromatic carbocycles. The summed E-state index contributed by atoms with van der Waals surface area (Å²) in [6.07, 6.45) is 2.50. The maximum absolute atomic E-state index is 11.9. The number of ether oxygens (including phenoxy) is 1. The lowest BCUT2D eigenvalue weighted by atomic mass is 10.2. The lowest BCUT2D eigenvalue weighted by Crippen LogP contribution is -2.44. The van der Waals surface area contributed by atoms with Gasteiger partial charge in [0.15, 0.2) is 12.4 Å². The van der Waals surface area contributed by atoms with Gasteiger partial charge in [-0.1, -0.05) is 18.5 Å². The van der Waals surface area contributed by atoms with Crippen molar-refractivity contribution in [3.05, 3.63) is 33.0 Å². The van der Waals surface area contributed by atoms with Gasteiger partial charge in [0, 0.05) is 17.5 Å². The number of fused-ring (bicyclic) bond motifs is 1. The molecule has 1 fully saturated rings. The summed E-state index contributed by atoms with van der Waals surface area (Å²) in [4.78, 5) is 27.8. The van der Waals surface area contributed by atoms with Gasteiger partial charge in [-0.25, -0.2) is 0 Å². The summed E-state index contributed by atoms with van der Waals surface area (Å²) in [7, 11) is 0. The number of hydrogen-bond donors (Lipinski definition) is 2. The van der Waals surface area contributed by atoms with Gasteiger partial charge < -0.3 is 4.74 Å². The molecule has 1 aliphatic rings. The van der Waals surface area contributed by atoms with Gasteiger partial charge >= 0.3 is 0 Å². The summed E-state index contributed by atoms with van der Waals surface area (Å²) in [6, 6.07) is 5.38. The van der Waals surface area contributed by atoms with Crippen molar-refractivity contribution in [2.75, 3.05) is 6.61 Å². The minimum absolute atomic E-state index is 0.00317. The second kappa shape index (κ2) is 7.10. The van der Waals surface area contributed by atoms with Crippen LogP contribution in [0.25, 0.3) is 10.9 Å². The fourth-order valence-corrected chi connectivity index (χ4v) is 3.54. The summed E-state index contributed by atoms with van der Waals surface area (Å²) >= 11 is 8.28. The first-order chi connectivity index (χ1) is 11.5. The molecule has 1 aliphatic carbocycles.